The van der Waals surface area contributed by atoms with Crippen LogP contribution in [0.25, 0.3) is 0 Å². The SMILES string of the molecule is CC(C(=O)O)N(C)C(=O)N1CC2CCC(C1)O2. The topological polar surface area (TPSA) is 70.1 Å². The lowest BCUT2D eigenvalue weighted by atomic mass is 10.2. The number of carbonyl (C=O) groups excluding carboxylic acids is 1. The van der Waals surface area contributed by atoms with Gasteiger partial charge < -0.3 is 19.6 Å². The zero-order valence-electron chi connectivity index (χ0n) is 10.1. The van der Waals surface area contributed by atoms with E-state index in [1.54, 1.807) is 4.90 Å². The summed E-state index contributed by atoms with van der Waals surface area (Å²) in [6, 6.07) is -1.02. The molecule has 0 aromatic heterocycles. The smallest absolute Gasteiger partial charge is 0.326 e. The summed E-state index contributed by atoms with van der Waals surface area (Å²) < 4.78 is 5.64. The van der Waals surface area contributed by atoms with Crippen LogP contribution in [0.15, 0.2) is 0 Å². The third kappa shape index (κ3) is 2.36. The molecule has 1 N–H and O–H groups in total. The molecule has 0 saturated carbocycles. The predicted molar refractivity (Wildman–Crippen MR) is 59.7 cm³/mol. The number of ether oxygens (including phenoxy) is 1. The number of carboxylic acids is 1. The van der Waals surface area contributed by atoms with Crippen molar-refractivity contribution in [3.05, 3.63) is 0 Å². The number of rotatable bonds is 2. The average molecular weight is 242 g/mol. The molecule has 6 heteroatoms. The Morgan fingerprint density at radius 3 is 2.35 bits per heavy atom. The fraction of sp³-hybridized carbons (Fsp3) is 0.818. The number of carboxylic acid groups (broad SMARTS) is 1. The zero-order chi connectivity index (χ0) is 12.6. The second kappa shape index (κ2) is 4.52. The van der Waals surface area contributed by atoms with Crippen molar-refractivity contribution >= 4 is 12.0 Å². The van der Waals surface area contributed by atoms with Crippen molar-refractivity contribution in [2.24, 2.45) is 0 Å². The van der Waals surface area contributed by atoms with Crippen molar-refractivity contribution in [2.75, 3.05) is 20.1 Å². The summed E-state index contributed by atoms with van der Waals surface area (Å²) >= 11 is 0. The molecule has 2 saturated heterocycles. The molecule has 2 rings (SSSR count). The molecular weight excluding hydrogens is 224 g/mol. The van der Waals surface area contributed by atoms with Gasteiger partial charge in [-0.05, 0) is 19.8 Å². The van der Waals surface area contributed by atoms with Crippen LogP contribution >= 0.6 is 0 Å². The Labute approximate surface area is 100 Å². The van der Waals surface area contributed by atoms with Crippen molar-refractivity contribution < 1.29 is 19.4 Å². The molecule has 0 radical (unpaired) electrons. The highest BCUT2D eigenvalue weighted by atomic mass is 16.5. The Balaban J connectivity index is 1.98. The lowest BCUT2D eigenvalue weighted by molar-refractivity contribution is -0.141. The van der Waals surface area contributed by atoms with E-state index in [1.807, 2.05) is 0 Å². The van der Waals surface area contributed by atoms with Crippen LogP contribution in [0.4, 0.5) is 4.79 Å². The minimum Gasteiger partial charge on any atom is -0.480 e. The second-order valence-electron chi connectivity index (χ2n) is 4.77. The van der Waals surface area contributed by atoms with Gasteiger partial charge in [0, 0.05) is 20.1 Å². The fourth-order valence-electron chi connectivity index (χ4n) is 2.33. The summed E-state index contributed by atoms with van der Waals surface area (Å²) in [5.41, 5.74) is 0. The molecule has 0 aromatic rings. The lowest BCUT2D eigenvalue weighted by Crippen LogP contribution is -2.53. The number of amides is 2. The zero-order valence-corrected chi connectivity index (χ0v) is 10.1. The Kier molecular flexibility index (Phi) is 3.24. The molecule has 2 bridgehead atoms. The number of nitrogens with zero attached hydrogens (tertiary/aromatic N) is 2. The molecule has 2 fully saturated rings. The lowest BCUT2D eigenvalue weighted by Gasteiger charge is -2.35. The van der Waals surface area contributed by atoms with E-state index in [2.05, 4.69) is 0 Å². The summed E-state index contributed by atoms with van der Waals surface area (Å²) in [6.07, 6.45) is 2.25. The van der Waals surface area contributed by atoms with Gasteiger partial charge in [0.2, 0.25) is 0 Å². The summed E-state index contributed by atoms with van der Waals surface area (Å²) in [6.45, 7) is 2.66. The number of aliphatic carboxylic acids is 1. The van der Waals surface area contributed by atoms with Gasteiger partial charge in [0.25, 0.3) is 0 Å². The largest absolute Gasteiger partial charge is 0.480 e. The third-order valence-electron chi connectivity index (χ3n) is 3.55. The average Bonchev–Trinajstić information content (AvgIpc) is 2.65. The van der Waals surface area contributed by atoms with Crippen LogP contribution in [-0.2, 0) is 9.53 Å². The van der Waals surface area contributed by atoms with E-state index in [9.17, 15) is 9.59 Å². The van der Waals surface area contributed by atoms with Crippen molar-refractivity contribution in [1.82, 2.24) is 9.80 Å². The molecule has 2 heterocycles. The number of hydrogen-bond donors (Lipinski definition) is 1. The summed E-state index contributed by atoms with van der Waals surface area (Å²) in [7, 11) is 1.53. The Hall–Kier alpha value is -1.30. The standard InChI is InChI=1S/C11H18N2O4/c1-7(10(14)15)12(2)11(16)13-5-8-3-4-9(6-13)17-8/h7-9H,3-6H2,1-2H3,(H,14,15). The third-order valence-corrected chi connectivity index (χ3v) is 3.55. The molecule has 0 aliphatic carbocycles. The number of fused-ring (bicyclic) bond motifs is 2. The number of likely N-dealkylation sites (tertiary alicyclic amines) is 1. The van der Waals surface area contributed by atoms with Gasteiger partial charge >= 0.3 is 12.0 Å². The molecule has 2 amide bonds. The van der Waals surface area contributed by atoms with Gasteiger partial charge in [-0.2, -0.15) is 0 Å². The summed E-state index contributed by atoms with van der Waals surface area (Å²) in [5, 5.41) is 8.88. The minimum absolute atomic E-state index is 0.131. The van der Waals surface area contributed by atoms with Crippen molar-refractivity contribution in [3.8, 4) is 0 Å². The molecule has 0 aromatic carbocycles. The molecule has 17 heavy (non-hydrogen) atoms. The van der Waals surface area contributed by atoms with E-state index in [0.717, 1.165) is 12.8 Å². The van der Waals surface area contributed by atoms with Crippen LogP contribution in [0.1, 0.15) is 19.8 Å². The first-order valence-corrected chi connectivity index (χ1v) is 5.89. The highest BCUT2D eigenvalue weighted by Crippen LogP contribution is 2.26. The van der Waals surface area contributed by atoms with E-state index >= 15 is 0 Å². The van der Waals surface area contributed by atoms with E-state index in [4.69, 9.17) is 9.84 Å². The number of likely N-dealkylation sites (N-methyl/N-ethyl adjacent to an activating group) is 1. The van der Waals surface area contributed by atoms with Crippen LogP contribution in [0.3, 0.4) is 0 Å². The van der Waals surface area contributed by atoms with Crippen LogP contribution < -0.4 is 0 Å². The first kappa shape index (κ1) is 12.2. The Morgan fingerprint density at radius 2 is 1.88 bits per heavy atom. The van der Waals surface area contributed by atoms with Crippen LogP contribution in [-0.4, -0.2) is 65.3 Å². The van der Waals surface area contributed by atoms with Gasteiger partial charge in [-0.3, -0.25) is 0 Å². The highest BCUT2D eigenvalue weighted by Gasteiger charge is 2.37. The number of urea groups is 1. The van der Waals surface area contributed by atoms with Crippen LogP contribution in [0.2, 0.25) is 0 Å². The van der Waals surface area contributed by atoms with Crippen molar-refractivity contribution in [2.45, 2.75) is 38.0 Å². The second-order valence-corrected chi connectivity index (χ2v) is 4.77. The van der Waals surface area contributed by atoms with E-state index < -0.39 is 12.0 Å². The molecule has 2 aliphatic rings. The van der Waals surface area contributed by atoms with Crippen molar-refractivity contribution in [3.63, 3.8) is 0 Å². The van der Waals surface area contributed by atoms with Gasteiger partial charge in [0.1, 0.15) is 6.04 Å². The summed E-state index contributed by atoms with van der Waals surface area (Å²) in [4.78, 5) is 25.9. The normalized spacial score (nSPS) is 28.9. The fourth-order valence-corrected chi connectivity index (χ4v) is 2.33. The maximum Gasteiger partial charge on any atom is 0.326 e. The molecule has 2 aliphatic heterocycles. The van der Waals surface area contributed by atoms with Crippen LogP contribution in [0, 0.1) is 0 Å². The molecule has 6 nitrogen and oxygen atoms in total. The van der Waals surface area contributed by atoms with E-state index in [-0.39, 0.29) is 18.2 Å². The molecular formula is C11H18N2O4. The predicted octanol–water partition coefficient (Wildman–Crippen LogP) is 0.375. The molecule has 0 spiro atoms. The Morgan fingerprint density at radius 1 is 1.35 bits per heavy atom. The van der Waals surface area contributed by atoms with Crippen LogP contribution in [0.5, 0.6) is 0 Å². The molecule has 3 unspecified atom stereocenters. The first-order chi connectivity index (χ1) is 7.99. The number of carbonyl (C=O) groups is 2. The monoisotopic (exact) mass is 242 g/mol. The van der Waals surface area contributed by atoms with Gasteiger partial charge in [-0.15, -0.1) is 0 Å². The van der Waals surface area contributed by atoms with E-state index in [1.165, 1.54) is 18.9 Å². The number of hydrogen-bond acceptors (Lipinski definition) is 3. The van der Waals surface area contributed by atoms with Crippen molar-refractivity contribution in [1.29, 1.82) is 0 Å². The maximum absolute atomic E-state index is 12.1. The van der Waals surface area contributed by atoms with Gasteiger partial charge in [-0.25, -0.2) is 9.59 Å². The number of morpholine rings is 1. The quantitative estimate of drug-likeness (QED) is 0.759. The maximum atomic E-state index is 12.1. The molecule has 96 valence electrons. The van der Waals surface area contributed by atoms with E-state index in [0.29, 0.717) is 13.1 Å². The first-order valence-electron chi connectivity index (χ1n) is 5.89. The minimum atomic E-state index is -0.989. The van der Waals surface area contributed by atoms with Gasteiger partial charge in [0.05, 0.1) is 12.2 Å². The summed E-state index contributed by atoms with van der Waals surface area (Å²) in [5.74, 6) is -0.989. The molecule has 3 atom stereocenters. The highest BCUT2D eigenvalue weighted by molar-refractivity contribution is 5.82. The van der Waals surface area contributed by atoms with Gasteiger partial charge in [0.15, 0.2) is 0 Å². The Bertz CT molecular complexity index is 321. The van der Waals surface area contributed by atoms with Gasteiger partial charge in [-0.1, -0.05) is 0 Å².